The lowest BCUT2D eigenvalue weighted by Crippen LogP contribution is -2.41. The first-order valence-corrected chi connectivity index (χ1v) is 6.43. The highest BCUT2D eigenvalue weighted by Crippen LogP contribution is 2.16. The molecule has 5 nitrogen and oxygen atoms in total. The number of carbonyl (C=O) groups excluding carboxylic acids is 1. The summed E-state index contributed by atoms with van der Waals surface area (Å²) in [5.74, 6) is 0.373. The molecule has 1 heterocycles. The van der Waals surface area contributed by atoms with Gasteiger partial charge in [0.1, 0.15) is 0 Å². The molecule has 0 saturated carbocycles. The Balaban J connectivity index is 2.13. The third-order valence-corrected chi connectivity index (χ3v) is 3.35. The van der Waals surface area contributed by atoms with Crippen LogP contribution in [0.25, 0.3) is 0 Å². The van der Waals surface area contributed by atoms with Crippen LogP contribution >= 0.6 is 0 Å². The van der Waals surface area contributed by atoms with E-state index in [1.165, 1.54) is 0 Å². The predicted octanol–water partition coefficient (Wildman–Crippen LogP) is -0.192. The summed E-state index contributed by atoms with van der Waals surface area (Å²) in [6.07, 6.45) is 2.04. The number of ether oxygens (including phenoxy) is 1. The number of nitrogens with two attached hydrogens (primary N) is 1. The molecule has 1 unspecified atom stereocenters. The molecular weight excluding hydrogens is 218 g/mol. The summed E-state index contributed by atoms with van der Waals surface area (Å²) < 4.78 is 5.54. The highest BCUT2D eigenvalue weighted by Gasteiger charge is 2.23. The van der Waals surface area contributed by atoms with Crippen LogP contribution in [-0.4, -0.2) is 56.7 Å². The standard InChI is InChI=1S/C12H25N3O2/c1-10(9-13)17-8-7-15-5-3-11(4-6-15)12(16)14-2/h10-11H,3-9,13H2,1-2H3,(H,14,16). The van der Waals surface area contributed by atoms with Gasteiger partial charge in [0.05, 0.1) is 12.7 Å². The largest absolute Gasteiger partial charge is 0.376 e. The number of likely N-dealkylation sites (tertiary alicyclic amines) is 1. The van der Waals surface area contributed by atoms with Crippen molar-refractivity contribution in [3.63, 3.8) is 0 Å². The summed E-state index contributed by atoms with van der Waals surface area (Å²) in [5, 5.41) is 2.72. The highest BCUT2D eigenvalue weighted by molar-refractivity contribution is 5.78. The number of hydrogen-bond donors (Lipinski definition) is 2. The van der Waals surface area contributed by atoms with Crippen LogP contribution in [0.1, 0.15) is 19.8 Å². The Morgan fingerprint density at radius 2 is 2.18 bits per heavy atom. The molecule has 1 saturated heterocycles. The lowest BCUT2D eigenvalue weighted by atomic mass is 9.96. The first kappa shape index (κ1) is 14.4. The molecule has 0 aliphatic carbocycles. The van der Waals surface area contributed by atoms with Crippen molar-refractivity contribution in [2.75, 3.05) is 39.8 Å². The maximum Gasteiger partial charge on any atom is 0.222 e. The third-order valence-electron chi connectivity index (χ3n) is 3.35. The van der Waals surface area contributed by atoms with Crippen LogP contribution in [0, 0.1) is 5.92 Å². The van der Waals surface area contributed by atoms with Crippen molar-refractivity contribution in [2.45, 2.75) is 25.9 Å². The van der Waals surface area contributed by atoms with Crippen molar-refractivity contribution in [2.24, 2.45) is 11.7 Å². The van der Waals surface area contributed by atoms with Crippen molar-refractivity contribution >= 4 is 5.91 Å². The molecule has 1 aliphatic rings. The van der Waals surface area contributed by atoms with Crippen molar-refractivity contribution in [1.82, 2.24) is 10.2 Å². The molecular formula is C12H25N3O2. The molecule has 0 aromatic rings. The first-order chi connectivity index (χ1) is 8.17. The van der Waals surface area contributed by atoms with E-state index in [2.05, 4.69) is 10.2 Å². The molecule has 5 heteroatoms. The van der Waals surface area contributed by atoms with Crippen molar-refractivity contribution in [1.29, 1.82) is 0 Å². The fourth-order valence-corrected chi connectivity index (χ4v) is 2.07. The van der Waals surface area contributed by atoms with E-state index in [1.807, 2.05) is 6.92 Å². The SMILES string of the molecule is CNC(=O)C1CCN(CCOC(C)CN)CC1. The van der Waals surface area contributed by atoms with Gasteiger partial charge in [-0.2, -0.15) is 0 Å². The van der Waals surface area contributed by atoms with E-state index in [9.17, 15) is 4.79 Å². The predicted molar refractivity (Wildman–Crippen MR) is 67.7 cm³/mol. The zero-order valence-corrected chi connectivity index (χ0v) is 10.9. The zero-order valence-electron chi connectivity index (χ0n) is 10.9. The summed E-state index contributed by atoms with van der Waals surface area (Å²) in [5.41, 5.74) is 5.48. The molecule has 17 heavy (non-hydrogen) atoms. The number of piperidine rings is 1. The van der Waals surface area contributed by atoms with Crippen LogP contribution in [0.5, 0.6) is 0 Å². The van der Waals surface area contributed by atoms with Gasteiger partial charge in [-0.3, -0.25) is 4.79 Å². The normalized spacial score (nSPS) is 20.2. The van der Waals surface area contributed by atoms with E-state index < -0.39 is 0 Å². The van der Waals surface area contributed by atoms with E-state index in [4.69, 9.17) is 10.5 Å². The fourth-order valence-electron chi connectivity index (χ4n) is 2.07. The number of amides is 1. The third kappa shape index (κ3) is 5.02. The van der Waals surface area contributed by atoms with E-state index in [0.29, 0.717) is 6.54 Å². The van der Waals surface area contributed by atoms with Gasteiger partial charge in [0.2, 0.25) is 5.91 Å². The average molecular weight is 243 g/mol. The van der Waals surface area contributed by atoms with Gasteiger partial charge in [-0.15, -0.1) is 0 Å². The molecule has 0 spiro atoms. The second kappa shape index (κ2) is 7.63. The Morgan fingerprint density at radius 1 is 1.53 bits per heavy atom. The van der Waals surface area contributed by atoms with Crippen molar-refractivity contribution in [3.8, 4) is 0 Å². The smallest absolute Gasteiger partial charge is 0.222 e. The Bertz CT molecular complexity index is 228. The fraction of sp³-hybridized carbons (Fsp3) is 0.917. The van der Waals surface area contributed by atoms with Gasteiger partial charge >= 0.3 is 0 Å². The topological polar surface area (TPSA) is 67.6 Å². The summed E-state index contributed by atoms with van der Waals surface area (Å²) in [7, 11) is 1.71. The van der Waals surface area contributed by atoms with Gasteiger partial charge in [-0.25, -0.2) is 0 Å². The van der Waals surface area contributed by atoms with Crippen LogP contribution in [0.2, 0.25) is 0 Å². The van der Waals surface area contributed by atoms with Crippen molar-refractivity contribution in [3.05, 3.63) is 0 Å². The van der Waals surface area contributed by atoms with E-state index in [1.54, 1.807) is 7.05 Å². The zero-order chi connectivity index (χ0) is 12.7. The molecule has 0 radical (unpaired) electrons. The molecule has 0 aromatic heterocycles. The summed E-state index contributed by atoms with van der Waals surface area (Å²) >= 11 is 0. The molecule has 1 rings (SSSR count). The average Bonchev–Trinajstić information content (AvgIpc) is 2.38. The van der Waals surface area contributed by atoms with E-state index >= 15 is 0 Å². The quantitative estimate of drug-likeness (QED) is 0.678. The Kier molecular flexibility index (Phi) is 6.47. The Hall–Kier alpha value is -0.650. The molecule has 0 aromatic carbocycles. The summed E-state index contributed by atoms with van der Waals surface area (Å²) in [6, 6.07) is 0. The van der Waals surface area contributed by atoms with Gasteiger partial charge < -0.3 is 20.7 Å². The minimum atomic E-state index is 0.137. The number of hydrogen-bond acceptors (Lipinski definition) is 4. The number of carbonyl (C=O) groups is 1. The molecule has 0 bridgehead atoms. The highest BCUT2D eigenvalue weighted by atomic mass is 16.5. The summed E-state index contributed by atoms with van der Waals surface area (Å²) in [4.78, 5) is 13.8. The minimum absolute atomic E-state index is 0.137. The molecule has 1 aliphatic heterocycles. The lowest BCUT2D eigenvalue weighted by Gasteiger charge is -2.31. The summed E-state index contributed by atoms with van der Waals surface area (Å²) in [6.45, 7) is 6.18. The van der Waals surface area contributed by atoms with Gasteiger partial charge in [0.25, 0.3) is 0 Å². The van der Waals surface area contributed by atoms with Gasteiger partial charge in [0.15, 0.2) is 0 Å². The maximum absolute atomic E-state index is 11.4. The maximum atomic E-state index is 11.4. The molecule has 1 amide bonds. The minimum Gasteiger partial charge on any atom is -0.376 e. The molecule has 100 valence electrons. The van der Waals surface area contributed by atoms with E-state index in [-0.39, 0.29) is 17.9 Å². The van der Waals surface area contributed by atoms with Crippen molar-refractivity contribution < 1.29 is 9.53 Å². The van der Waals surface area contributed by atoms with Crippen LogP contribution in [-0.2, 0) is 9.53 Å². The second-order valence-corrected chi connectivity index (χ2v) is 4.65. The lowest BCUT2D eigenvalue weighted by molar-refractivity contribution is -0.125. The molecule has 1 atom stereocenters. The first-order valence-electron chi connectivity index (χ1n) is 6.43. The number of nitrogens with one attached hydrogen (secondary N) is 1. The monoisotopic (exact) mass is 243 g/mol. The Morgan fingerprint density at radius 3 is 2.71 bits per heavy atom. The second-order valence-electron chi connectivity index (χ2n) is 4.65. The van der Waals surface area contributed by atoms with Crippen LogP contribution in [0.4, 0.5) is 0 Å². The Labute approximate surface area is 104 Å². The van der Waals surface area contributed by atoms with Crippen LogP contribution < -0.4 is 11.1 Å². The van der Waals surface area contributed by atoms with Gasteiger partial charge in [-0.1, -0.05) is 0 Å². The number of nitrogens with zero attached hydrogens (tertiary/aromatic N) is 1. The van der Waals surface area contributed by atoms with Crippen LogP contribution in [0.15, 0.2) is 0 Å². The van der Waals surface area contributed by atoms with Crippen LogP contribution in [0.3, 0.4) is 0 Å². The van der Waals surface area contributed by atoms with Gasteiger partial charge in [-0.05, 0) is 32.9 Å². The van der Waals surface area contributed by atoms with Gasteiger partial charge in [0, 0.05) is 26.1 Å². The molecule has 3 N–H and O–H groups in total. The number of rotatable bonds is 6. The van der Waals surface area contributed by atoms with E-state index in [0.717, 1.165) is 39.1 Å². The molecule has 1 fully saturated rings.